The Kier molecular flexibility index (Phi) is 4.48. The fourth-order valence-corrected chi connectivity index (χ4v) is 3.34. The first-order valence-corrected chi connectivity index (χ1v) is 8.07. The quantitative estimate of drug-likeness (QED) is 0.938. The second-order valence-electron chi connectivity index (χ2n) is 5.82. The van der Waals surface area contributed by atoms with Gasteiger partial charge in [-0.3, -0.25) is 9.36 Å². The summed E-state index contributed by atoms with van der Waals surface area (Å²) >= 11 is 6.21. The summed E-state index contributed by atoms with van der Waals surface area (Å²) in [5.41, 5.74) is 0.656. The molecule has 1 saturated carbocycles. The predicted molar refractivity (Wildman–Crippen MR) is 86.5 cm³/mol. The molecule has 4 nitrogen and oxygen atoms in total. The van der Waals surface area contributed by atoms with Crippen LogP contribution in [0.3, 0.4) is 0 Å². The monoisotopic (exact) mass is 318 g/mol. The first kappa shape index (κ1) is 15.1. The summed E-state index contributed by atoms with van der Waals surface area (Å²) in [4.78, 5) is 16.6. The van der Waals surface area contributed by atoms with Gasteiger partial charge in [0.25, 0.3) is 5.56 Å². The maximum absolute atomic E-state index is 12.3. The summed E-state index contributed by atoms with van der Waals surface area (Å²) in [6, 6.07) is 8.66. The maximum atomic E-state index is 12.3. The van der Waals surface area contributed by atoms with Crippen LogP contribution >= 0.6 is 11.6 Å². The lowest BCUT2D eigenvalue weighted by Crippen LogP contribution is -2.27. The normalized spacial score (nSPS) is 15.9. The standard InChI is InChI=1S/C17H19ClN2O2/c18-14-9-5-4-8-13(14)11-20-16(22)10-15(21)19-17(20)12-6-2-1-3-7-12/h4-5,8-10,12,21H,1-3,6-7,11H2. The molecule has 1 aromatic heterocycles. The van der Waals surface area contributed by atoms with Crippen molar-refractivity contribution in [2.75, 3.05) is 0 Å². The Labute approximate surface area is 134 Å². The molecule has 3 rings (SSSR count). The Hall–Kier alpha value is -1.81. The molecular formula is C17H19ClN2O2. The summed E-state index contributed by atoms with van der Waals surface area (Å²) in [6.45, 7) is 0.387. The van der Waals surface area contributed by atoms with E-state index in [9.17, 15) is 9.90 Å². The Morgan fingerprint density at radius 2 is 1.95 bits per heavy atom. The minimum absolute atomic E-state index is 0.194. The first-order chi connectivity index (χ1) is 10.6. The van der Waals surface area contributed by atoms with Crippen LogP contribution in [0.25, 0.3) is 0 Å². The molecule has 0 bridgehead atoms. The Balaban J connectivity index is 2.02. The topological polar surface area (TPSA) is 55.1 Å². The second-order valence-corrected chi connectivity index (χ2v) is 6.23. The van der Waals surface area contributed by atoms with E-state index in [4.69, 9.17) is 11.6 Å². The van der Waals surface area contributed by atoms with Crippen LogP contribution in [-0.2, 0) is 6.54 Å². The number of rotatable bonds is 3. The van der Waals surface area contributed by atoms with Crippen molar-refractivity contribution in [3.8, 4) is 5.88 Å². The average Bonchev–Trinajstić information content (AvgIpc) is 2.52. The summed E-state index contributed by atoms with van der Waals surface area (Å²) in [5.74, 6) is 0.724. The van der Waals surface area contributed by atoms with Crippen molar-refractivity contribution in [2.24, 2.45) is 0 Å². The van der Waals surface area contributed by atoms with Gasteiger partial charge in [0.2, 0.25) is 5.88 Å². The molecule has 1 heterocycles. The molecule has 0 atom stereocenters. The molecule has 1 aliphatic carbocycles. The fraction of sp³-hybridized carbons (Fsp3) is 0.412. The number of halogens is 1. The van der Waals surface area contributed by atoms with E-state index < -0.39 is 0 Å². The van der Waals surface area contributed by atoms with Crippen molar-refractivity contribution in [1.82, 2.24) is 9.55 Å². The highest BCUT2D eigenvalue weighted by atomic mass is 35.5. The maximum Gasteiger partial charge on any atom is 0.257 e. The molecule has 1 N–H and O–H groups in total. The lowest BCUT2D eigenvalue weighted by molar-refractivity contribution is 0.392. The van der Waals surface area contributed by atoms with E-state index in [0.29, 0.717) is 17.4 Å². The van der Waals surface area contributed by atoms with Gasteiger partial charge in [-0.15, -0.1) is 0 Å². The van der Waals surface area contributed by atoms with Crippen molar-refractivity contribution >= 4 is 11.6 Å². The molecule has 116 valence electrons. The Morgan fingerprint density at radius 1 is 1.23 bits per heavy atom. The van der Waals surface area contributed by atoms with Crippen LogP contribution in [0.4, 0.5) is 0 Å². The molecule has 2 aromatic rings. The van der Waals surface area contributed by atoms with E-state index in [1.54, 1.807) is 4.57 Å². The summed E-state index contributed by atoms with van der Waals surface area (Å²) in [5, 5.41) is 10.4. The molecule has 0 radical (unpaired) electrons. The van der Waals surface area contributed by atoms with E-state index in [1.807, 2.05) is 24.3 Å². The first-order valence-electron chi connectivity index (χ1n) is 7.69. The smallest absolute Gasteiger partial charge is 0.257 e. The third-order valence-electron chi connectivity index (χ3n) is 4.28. The molecule has 5 heteroatoms. The number of benzene rings is 1. The predicted octanol–water partition coefficient (Wildman–Crippen LogP) is 3.70. The highest BCUT2D eigenvalue weighted by molar-refractivity contribution is 6.31. The zero-order valence-electron chi connectivity index (χ0n) is 12.3. The van der Waals surface area contributed by atoms with E-state index in [0.717, 1.165) is 31.2 Å². The number of aromatic nitrogens is 2. The molecule has 0 saturated heterocycles. The van der Waals surface area contributed by atoms with E-state index in [1.165, 1.54) is 12.5 Å². The van der Waals surface area contributed by atoms with Gasteiger partial charge in [-0.1, -0.05) is 49.1 Å². The molecular weight excluding hydrogens is 300 g/mol. The third-order valence-corrected chi connectivity index (χ3v) is 4.65. The van der Waals surface area contributed by atoms with Gasteiger partial charge in [0.1, 0.15) is 5.82 Å². The highest BCUT2D eigenvalue weighted by Crippen LogP contribution is 2.32. The van der Waals surface area contributed by atoms with E-state index in [2.05, 4.69) is 4.98 Å². The number of hydrogen-bond acceptors (Lipinski definition) is 3. The molecule has 0 spiro atoms. The lowest BCUT2D eigenvalue weighted by Gasteiger charge is -2.24. The van der Waals surface area contributed by atoms with Gasteiger partial charge in [-0.25, -0.2) is 0 Å². The van der Waals surface area contributed by atoms with Crippen molar-refractivity contribution in [3.05, 3.63) is 57.1 Å². The molecule has 22 heavy (non-hydrogen) atoms. The highest BCUT2D eigenvalue weighted by Gasteiger charge is 2.22. The zero-order valence-corrected chi connectivity index (χ0v) is 13.1. The van der Waals surface area contributed by atoms with Gasteiger partial charge in [0, 0.05) is 10.9 Å². The largest absolute Gasteiger partial charge is 0.493 e. The number of hydrogen-bond donors (Lipinski definition) is 1. The van der Waals surface area contributed by atoms with Crippen LogP contribution < -0.4 is 5.56 Å². The molecule has 1 fully saturated rings. The van der Waals surface area contributed by atoms with Gasteiger partial charge < -0.3 is 5.11 Å². The molecule has 0 amide bonds. The van der Waals surface area contributed by atoms with Gasteiger partial charge >= 0.3 is 0 Å². The van der Waals surface area contributed by atoms with Crippen LogP contribution in [0.1, 0.15) is 49.4 Å². The molecule has 0 unspecified atom stereocenters. The van der Waals surface area contributed by atoms with Gasteiger partial charge in [-0.05, 0) is 24.5 Å². The van der Waals surface area contributed by atoms with Crippen molar-refractivity contribution in [2.45, 2.75) is 44.6 Å². The lowest BCUT2D eigenvalue weighted by atomic mass is 9.88. The van der Waals surface area contributed by atoms with Crippen molar-refractivity contribution in [3.63, 3.8) is 0 Å². The minimum Gasteiger partial charge on any atom is -0.493 e. The summed E-state index contributed by atoms with van der Waals surface area (Å²) in [6.07, 6.45) is 5.53. The number of nitrogens with zero attached hydrogens (tertiary/aromatic N) is 2. The SMILES string of the molecule is O=c1cc(O)nc(C2CCCCC2)n1Cc1ccccc1Cl. The van der Waals surface area contributed by atoms with Crippen LogP contribution in [0.2, 0.25) is 5.02 Å². The van der Waals surface area contributed by atoms with Crippen LogP contribution in [0.5, 0.6) is 5.88 Å². The van der Waals surface area contributed by atoms with Gasteiger partial charge in [0.05, 0.1) is 12.6 Å². The van der Waals surface area contributed by atoms with E-state index in [-0.39, 0.29) is 17.4 Å². The van der Waals surface area contributed by atoms with Gasteiger partial charge in [0.15, 0.2) is 0 Å². The molecule has 1 aliphatic rings. The van der Waals surface area contributed by atoms with Gasteiger partial charge in [-0.2, -0.15) is 4.98 Å². The van der Waals surface area contributed by atoms with Crippen LogP contribution in [-0.4, -0.2) is 14.7 Å². The summed E-state index contributed by atoms with van der Waals surface area (Å²) < 4.78 is 1.65. The van der Waals surface area contributed by atoms with Crippen molar-refractivity contribution in [1.29, 1.82) is 0 Å². The number of aromatic hydroxyl groups is 1. The van der Waals surface area contributed by atoms with Crippen molar-refractivity contribution < 1.29 is 5.11 Å². The average molecular weight is 319 g/mol. The van der Waals surface area contributed by atoms with Crippen LogP contribution in [0, 0.1) is 0 Å². The van der Waals surface area contributed by atoms with E-state index >= 15 is 0 Å². The molecule has 1 aromatic carbocycles. The minimum atomic E-state index is -0.229. The molecule has 0 aliphatic heterocycles. The zero-order chi connectivity index (χ0) is 15.5. The summed E-state index contributed by atoms with van der Waals surface area (Å²) in [7, 11) is 0. The Bertz CT molecular complexity index is 721. The van der Waals surface area contributed by atoms with Crippen LogP contribution in [0.15, 0.2) is 35.1 Å². The second kappa shape index (κ2) is 6.53. The fourth-order valence-electron chi connectivity index (χ4n) is 3.14. The third kappa shape index (κ3) is 3.17. The Morgan fingerprint density at radius 3 is 2.68 bits per heavy atom.